The smallest absolute Gasteiger partial charge is 0.225 e. The minimum Gasteiger partial charge on any atom is -0.496 e. The summed E-state index contributed by atoms with van der Waals surface area (Å²) in [6.07, 6.45) is 1.41. The number of piperidine rings is 1. The van der Waals surface area contributed by atoms with E-state index in [0.29, 0.717) is 38.1 Å². The van der Waals surface area contributed by atoms with Crippen LogP contribution in [0.4, 0.5) is 0 Å². The van der Waals surface area contributed by atoms with Gasteiger partial charge in [-0.05, 0) is 25.8 Å². The molecule has 132 valence electrons. The van der Waals surface area contributed by atoms with Gasteiger partial charge in [-0.25, -0.2) is 0 Å². The van der Waals surface area contributed by atoms with Crippen molar-refractivity contribution in [2.45, 2.75) is 32.2 Å². The predicted molar refractivity (Wildman–Crippen MR) is 90.6 cm³/mol. The highest BCUT2D eigenvalue weighted by atomic mass is 16.5. The van der Waals surface area contributed by atoms with Gasteiger partial charge in [-0.3, -0.25) is 9.59 Å². The van der Waals surface area contributed by atoms with Crippen LogP contribution in [0.2, 0.25) is 0 Å². The molecule has 1 aromatic carbocycles. The van der Waals surface area contributed by atoms with Crippen LogP contribution in [0.3, 0.4) is 0 Å². The normalized spacial score (nSPS) is 20.8. The van der Waals surface area contributed by atoms with Crippen molar-refractivity contribution in [3.63, 3.8) is 0 Å². The molecule has 1 aliphatic heterocycles. The zero-order valence-corrected chi connectivity index (χ0v) is 14.3. The summed E-state index contributed by atoms with van der Waals surface area (Å²) in [5.41, 5.74) is 0.859. The third-order valence-corrected chi connectivity index (χ3v) is 4.48. The van der Waals surface area contributed by atoms with Crippen LogP contribution in [0.25, 0.3) is 0 Å². The average Bonchev–Trinajstić information content (AvgIpc) is 2.61. The van der Waals surface area contributed by atoms with Crippen LogP contribution in [0.1, 0.15) is 37.8 Å². The lowest BCUT2D eigenvalue weighted by molar-refractivity contribution is -0.143. The Bertz CT molecular complexity index is 576. The number of hydrogen-bond donors (Lipinski definition) is 2. The molecule has 0 aromatic heterocycles. The maximum absolute atomic E-state index is 12.7. The minimum absolute atomic E-state index is 0.0421. The fourth-order valence-corrected chi connectivity index (χ4v) is 3.32. The highest BCUT2D eigenvalue weighted by Crippen LogP contribution is 2.40. The van der Waals surface area contributed by atoms with Gasteiger partial charge in [0.05, 0.1) is 19.1 Å². The molecule has 0 saturated carbocycles. The highest BCUT2D eigenvalue weighted by molar-refractivity contribution is 5.85. The number of benzene rings is 1. The first kappa shape index (κ1) is 18.3. The van der Waals surface area contributed by atoms with Crippen molar-refractivity contribution < 1.29 is 19.4 Å². The molecule has 1 saturated heterocycles. The number of hydrogen-bond acceptors (Lipinski definition) is 4. The molecule has 0 aliphatic carbocycles. The van der Waals surface area contributed by atoms with E-state index in [9.17, 15) is 9.59 Å². The Morgan fingerprint density at radius 1 is 1.42 bits per heavy atom. The Morgan fingerprint density at radius 2 is 2.17 bits per heavy atom. The quantitative estimate of drug-likeness (QED) is 0.741. The third kappa shape index (κ3) is 3.87. The molecule has 0 bridgehead atoms. The number of nitrogens with zero attached hydrogens (tertiary/aromatic N) is 1. The number of ether oxygens (including phenoxy) is 1. The average molecular weight is 334 g/mol. The summed E-state index contributed by atoms with van der Waals surface area (Å²) in [5.74, 6) is 0.347. The topological polar surface area (TPSA) is 78.9 Å². The molecule has 6 heteroatoms. The van der Waals surface area contributed by atoms with Crippen molar-refractivity contribution in [2.24, 2.45) is 5.92 Å². The Morgan fingerprint density at radius 3 is 2.83 bits per heavy atom. The van der Waals surface area contributed by atoms with Crippen molar-refractivity contribution in [3.05, 3.63) is 29.8 Å². The number of amides is 2. The molecule has 2 amide bonds. The van der Waals surface area contributed by atoms with E-state index >= 15 is 0 Å². The number of aliphatic hydroxyl groups is 1. The second-order valence-corrected chi connectivity index (χ2v) is 5.88. The van der Waals surface area contributed by atoms with Gasteiger partial charge in [0.15, 0.2) is 0 Å². The Hall–Kier alpha value is -2.08. The van der Waals surface area contributed by atoms with Gasteiger partial charge >= 0.3 is 0 Å². The molecule has 1 aromatic rings. The van der Waals surface area contributed by atoms with E-state index in [2.05, 4.69) is 5.32 Å². The van der Waals surface area contributed by atoms with E-state index in [-0.39, 0.29) is 30.4 Å². The lowest BCUT2D eigenvalue weighted by Gasteiger charge is -2.40. The van der Waals surface area contributed by atoms with E-state index in [1.165, 1.54) is 0 Å². The summed E-state index contributed by atoms with van der Waals surface area (Å²) in [4.78, 5) is 26.8. The van der Waals surface area contributed by atoms with Crippen LogP contribution < -0.4 is 10.1 Å². The van der Waals surface area contributed by atoms with Crippen LogP contribution in [0.15, 0.2) is 24.3 Å². The van der Waals surface area contributed by atoms with E-state index in [4.69, 9.17) is 9.84 Å². The van der Waals surface area contributed by atoms with E-state index in [1.54, 1.807) is 12.0 Å². The molecule has 24 heavy (non-hydrogen) atoms. The summed E-state index contributed by atoms with van der Waals surface area (Å²) in [6, 6.07) is 7.20. The van der Waals surface area contributed by atoms with Gasteiger partial charge in [0, 0.05) is 31.7 Å². The highest BCUT2D eigenvalue weighted by Gasteiger charge is 2.40. The van der Waals surface area contributed by atoms with Gasteiger partial charge in [0.25, 0.3) is 0 Å². The monoisotopic (exact) mass is 334 g/mol. The van der Waals surface area contributed by atoms with Crippen LogP contribution >= 0.6 is 0 Å². The van der Waals surface area contributed by atoms with Gasteiger partial charge in [-0.2, -0.15) is 0 Å². The van der Waals surface area contributed by atoms with Crippen LogP contribution in [0, 0.1) is 5.92 Å². The second-order valence-electron chi connectivity index (χ2n) is 5.88. The first-order chi connectivity index (χ1) is 11.6. The standard InChI is InChI=1S/C18H26N2O4/c1-3-20-16(22)10-9-14(18(23)19-11-6-12-21)17(20)13-7-4-5-8-15(13)24-2/h4-5,7-8,14,17,21H,3,6,9-12H2,1-2H3,(H,19,23)/t14-,17+/m1/s1. The number of carbonyl (C=O) groups excluding carboxylic acids is 2. The molecule has 0 unspecified atom stereocenters. The Labute approximate surface area is 142 Å². The first-order valence-electron chi connectivity index (χ1n) is 8.45. The minimum atomic E-state index is -0.332. The zero-order valence-electron chi connectivity index (χ0n) is 14.3. The molecular formula is C18H26N2O4. The second kappa shape index (κ2) is 8.68. The van der Waals surface area contributed by atoms with Crippen molar-refractivity contribution in [1.82, 2.24) is 10.2 Å². The number of likely N-dealkylation sites (tertiary alicyclic amines) is 1. The first-order valence-corrected chi connectivity index (χ1v) is 8.45. The van der Waals surface area contributed by atoms with E-state index in [0.717, 1.165) is 5.56 Å². The third-order valence-electron chi connectivity index (χ3n) is 4.48. The van der Waals surface area contributed by atoms with Crippen LogP contribution in [0.5, 0.6) is 5.75 Å². The summed E-state index contributed by atoms with van der Waals surface area (Å²) in [5, 5.41) is 11.8. The molecule has 2 atom stereocenters. The maximum Gasteiger partial charge on any atom is 0.225 e. The van der Waals surface area contributed by atoms with Gasteiger partial charge in [0.1, 0.15) is 5.75 Å². The SMILES string of the molecule is CCN1C(=O)CC[C@@H](C(=O)NCCCO)[C@@H]1c1ccccc1OC. The van der Waals surface area contributed by atoms with E-state index < -0.39 is 0 Å². The Kier molecular flexibility index (Phi) is 6.61. The molecule has 0 spiro atoms. The molecule has 2 N–H and O–H groups in total. The lowest BCUT2D eigenvalue weighted by Crippen LogP contribution is -2.48. The molecule has 2 rings (SSSR count). The van der Waals surface area contributed by atoms with Crippen molar-refractivity contribution in [2.75, 3.05) is 26.8 Å². The summed E-state index contributed by atoms with van der Waals surface area (Å²) in [7, 11) is 1.59. The van der Waals surface area contributed by atoms with Gasteiger partial charge in [0.2, 0.25) is 11.8 Å². The van der Waals surface area contributed by atoms with Crippen molar-refractivity contribution in [3.8, 4) is 5.75 Å². The molecule has 1 fully saturated rings. The number of para-hydroxylation sites is 1. The number of methoxy groups -OCH3 is 1. The maximum atomic E-state index is 12.7. The molecule has 1 heterocycles. The zero-order chi connectivity index (χ0) is 17.5. The fourth-order valence-electron chi connectivity index (χ4n) is 3.32. The molecule has 6 nitrogen and oxygen atoms in total. The fraction of sp³-hybridized carbons (Fsp3) is 0.556. The summed E-state index contributed by atoms with van der Waals surface area (Å²) < 4.78 is 5.45. The molecule has 1 aliphatic rings. The number of nitrogens with one attached hydrogen (secondary N) is 1. The lowest BCUT2D eigenvalue weighted by atomic mass is 9.83. The van der Waals surface area contributed by atoms with Gasteiger partial charge in [-0.1, -0.05) is 18.2 Å². The molecular weight excluding hydrogens is 308 g/mol. The van der Waals surface area contributed by atoms with Crippen molar-refractivity contribution >= 4 is 11.8 Å². The summed E-state index contributed by atoms with van der Waals surface area (Å²) >= 11 is 0. The van der Waals surface area contributed by atoms with Gasteiger partial charge in [-0.15, -0.1) is 0 Å². The summed E-state index contributed by atoms with van der Waals surface area (Å²) in [6.45, 7) is 2.94. The number of aliphatic hydroxyl groups excluding tert-OH is 1. The van der Waals surface area contributed by atoms with Crippen molar-refractivity contribution in [1.29, 1.82) is 0 Å². The largest absolute Gasteiger partial charge is 0.496 e. The van der Waals surface area contributed by atoms with E-state index in [1.807, 2.05) is 31.2 Å². The number of carbonyl (C=O) groups is 2. The number of rotatable bonds is 7. The van der Waals surface area contributed by atoms with Gasteiger partial charge < -0.3 is 20.1 Å². The van der Waals surface area contributed by atoms with Crippen LogP contribution in [-0.4, -0.2) is 48.6 Å². The van der Waals surface area contributed by atoms with Crippen LogP contribution in [-0.2, 0) is 9.59 Å². The molecule has 0 radical (unpaired) electrons. The Balaban J connectivity index is 2.33. The predicted octanol–water partition coefficient (Wildman–Crippen LogP) is 1.49.